The van der Waals surface area contributed by atoms with Gasteiger partial charge < -0.3 is 5.32 Å². The van der Waals surface area contributed by atoms with E-state index in [1.54, 1.807) is 11.3 Å². The molecular weight excluding hydrogens is 318 g/mol. The second-order valence-electron chi connectivity index (χ2n) is 5.59. The van der Waals surface area contributed by atoms with E-state index >= 15 is 0 Å². The zero-order valence-electron chi connectivity index (χ0n) is 13.3. The van der Waals surface area contributed by atoms with Gasteiger partial charge >= 0.3 is 0 Å². The predicted molar refractivity (Wildman–Crippen MR) is 98.3 cm³/mol. The molecule has 3 heterocycles. The van der Waals surface area contributed by atoms with E-state index in [1.807, 2.05) is 59.8 Å². The van der Waals surface area contributed by atoms with Crippen LogP contribution in [0.1, 0.15) is 5.56 Å². The van der Waals surface area contributed by atoms with Crippen molar-refractivity contribution in [3.63, 3.8) is 0 Å². The normalized spacial score (nSPS) is 11.0. The number of fused-ring (bicyclic) bond motifs is 1. The van der Waals surface area contributed by atoms with Gasteiger partial charge in [0.05, 0.1) is 16.6 Å². The summed E-state index contributed by atoms with van der Waals surface area (Å²) < 4.78 is 1.82. The minimum absolute atomic E-state index is 0.771. The molecule has 0 radical (unpaired) electrons. The van der Waals surface area contributed by atoms with E-state index in [4.69, 9.17) is 9.97 Å². The molecule has 0 aliphatic rings. The van der Waals surface area contributed by atoms with Crippen molar-refractivity contribution in [2.45, 2.75) is 6.42 Å². The lowest BCUT2D eigenvalue weighted by Gasteiger charge is -2.10. The first-order chi connectivity index (χ1) is 11.8. The monoisotopic (exact) mass is 335 g/mol. The van der Waals surface area contributed by atoms with E-state index < -0.39 is 0 Å². The molecular formula is C18H17N5S. The Hall–Kier alpha value is -2.73. The molecule has 5 nitrogen and oxygen atoms in total. The summed E-state index contributed by atoms with van der Waals surface area (Å²) in [6, 6.07) is 12.2. The van der Waals surface area contributed by atoms with Crippen LogP contribution >= 0.6 is 11.3 Å². The van der Waals surface area contributed by atoms with Crippen LogP contribution in [-0.4, -0.2) is 26.3 Å². The first kappa shape index (κ1) is 14.8. The van der Waals surface area contributed by atoms with Crippen molar-refractivity contribution in [2.24, 2.45) is 7.05 Å². The van der Waals surface area contributed by atoms with Crippen LogP contribution in [0.5, 0.6) is 0 Å². The standard InChI is InChI=1S/C18H17N5S/c1-23-12-13(11-20-23)8-9-19-17-14-5-2-3-6-15(14)21-18(22-17)16-7-4-10-24-16/h2-7,10-12H,8-9H2,1H3,(H,19,21,22). The van der Waals surface area contributed by atoms with Crippen LogP contribution in [-0.2, 0) is 13.5 Å². The summed E-state index contributed by atoms with van der Waals surface area (Å²) in [6.07, 6.45) is 4.84. The van der Waals surface area contributed by atoms with Gasteiger partial charge in [0.1, 0.15) is 5.82 Å². The fourth-order valence-electron chi connectivity index (χ4n) is 2.65. The van der Waals surface area contributed by atoms with Crippen LogP contribution in [0.25, 0.3) is 21.6 Å². The molecule has 0 aliphatic heterocycles. The Morgan fingerprint density at radius 2 is 2.04 bits per heavy atom. The number of nitrogens with one attached hydrogen (secondary N) is 1. The molecule has 0 aliphatic carbocycles. The van der Waals surface area contributed by atoms with Gasteiger partial charge in [-0.1, -0.05) is 18.2 Å². The van der Waals surface area contributed by atoms with E-state index in [0.29, 0.717) is 0 Å². The predicted octanol–water partition coefficient (Wildman–Crippen LogP) is 3.75. The summed E-state index contributed by atoms with van der Waals surface area (Å²) in [6.45, 7) is 0.802. The van der Waals surface area contributed by atoms with Crippen molar-refractivity contribution < 1.29 is 0 Å². The number of para-hydroxylation sites is 1. The first-order valence-electron chi connectivity index (χ1n) is 7.82. The first-order valence-corrected chi connectivity index (χ1v) is 8.69. The summed E-state index contributed by atoms with van der Waals surface area (Å²) >= 11 is 1.65. The smallest absolute Gasteiger partial charge is 0.172 e. The second-order valence-corrected chi connectivity index (χ2v) is 6.54. The number of hydrogen-bond acceptors (Lipinski definition) is 5. The summed E-state index contributed by atoms with van der Waals surface area (Å²) in [7, 11) is 1.93. The molecule has 4 rings (SSSR count). The van der Waals surface area contributed by atoms with Gasteiger partial charge in [0.25, 0.3) is 0 Å². The van der Waals surface area contributed by atoms with Gasteiger partial charge in [0.15, 0.2) is 5.82 Å². The van der Waals surface area contributed by atoms with E-state index in [2.05, 4.69) is 16.5 Å². The van der Waals surface area contributed by atoms with Crippen molar-refractivity contribution in [1.82, 2.24) is 19.7 Å². The second kappa shape index (κ2) is 6.41. The number of benzene rings is 1. The van der Waals surface area contributed by atoms with Gasteiger partial charge in [0, 0.05) is 25.2 Å². The molecule has 24 heavy (non-hydrogen) atoms. The highest BCUT2D eigenvalue weighted by Gasteiger charge is 2.09. The number of nitrogens with zero attached hydrogens (tertiary/aromatic N) is 4. The fourth-order valence-corrected chi connectivity index (χ4v) is 3.31. The minimum atomic E-state index is 0.771. The average Bonchev–Trinajstić information content (AvgIpc) is 3.26. The van der Waals surface area contributed by atoms with Crippen LogP contribution in [0, 0.1) is 0 Å². The molecule has 1 aromatic carbocycles. The van der Waals surface area contributed by atoms with Crippen LogP contribution in [0.2, 0.25) is 0 Å². The number of thiophene rings is 1. The van der Waals surface area contributed by atoms with Crippen molar-refractivity contribution in [3.05, 3.63) is 59.7 Å². The van der Waals surface area contributed by atoms with Crippen molar-refractivity contribution in [2.75, 3.05) is 11.9 Å². The van der Waals surface area contributed by atoms with Crippen molar-refractivity contribution in [1.29, 1.82) is 0 Å². The largest absolute Gasteiger partial charge is 0.369 e. The lowest BCUT2D eigenvalue weighted by Crippen LogP contribution is -2.07. The Kier molecular flexibility index (Phi) is 3.96. The van der Waals surface area contributed by atoms with E-state index in [9.17, 15) is 0 Å². The topological polar surface area (TPSA) is 55.6 Å². The molecule has 0 fully saturated rings. The van der Waals surface area contributed by atoms with Gasteiger partial charge in [-0.3, -0.25) is 4.68 Å². The zero-order chi connectivity index (χ0) is 16.4. The third kappa shape index (κ3) is 3.00. The van der Waals surface area contributed by atoms with Gasteiger partial charge in [0.2, 0.25) is 0 Å². The number of aryl methyl sites for hydroxylation is 1. The molecule has 0 saturated carbocycles. The third-order valence-corrected chi connectivity index (χ3v) is 4.68. The summed E-state index contributed by atoms with van der Waals surface area (Å²) in [5.74, 6) is 1.65. The van der Waals surface area contributed by atoms with E-state index in [1.165, 1.54) is 5.56 Å². The zero-order valence-corrected chi connectivity index (χ0v) is 14.1. The lowest BCUT2D eigenvalue weighted by atomic mass is 10.2. The molecule has 6 heteroatoms. The molecule has 3 aromatic heterocycles. The lowest BCUT2D eigenvalue weighted by molar-refractivity contribution is 0.767. The SMILES string of the molecule is Cn1cc(CCNc2nc(-c3cccs3)nc3ccccc23)cn1. The number of anilines is 1. The van der Waals surface area contributed by atoms with Crippen LogP contribution in [0.3, 0.4) is 0 Å². The molecule has 0 spiro atoms. The molecule has 120 valence electrons. The van der Waals surface area contributed by atoms with Gasteiger partial charge in [-0.05, 0) is 35.6 Å². The summed E-state index contributed by atoms with van der Waals surface area (Å²) in [5, 5.41) is 10.8. The highest BCUT2D eigenvalue weighted by atomic mass is 32.1. The Labute approximate surface area is 144 Å². The molecule has 0 unspecified atom stereocenters. The Morgan fingerprint density at radius 1 is 1.12 bits per heavy atom. The van der Waals surface area contributed by atoms with Crippen molar-refractivity contribution in [3.8, 4) is 10.7 Å². The molecule has 4 aromatic rings. The van der Waals surface area contributed by atoms with Crippen LogP contribution in [0.4, 0.5) is 5.82 Å². The van der Waals surface area contributed by atoms with Crippen molar-refractivity contribution >= 4 is 28.1 Å². The van der Waals surface area contributed by atoms with E-state index in [-0.39, 0.29) is 0 Å². The van der Waals surface area contributed by atoms with Crippen LogP contribution < -0.4 is 5.32 Å². The van der Waals surface area contributed by atoms with Gasteiger partial charge in [-0.2, -0.15) is 5.10 Å². The maximum atomic E-state index is 4.75. The quantitative estimate of drug-likeness (QED) is 0.603. The number of aromatic nitrogens is 4. The third-order valence-electron chi connectivity index (χ3n) is 3.81. The fraction of sp³-hybridized carbons (Fsp3) is 0.167. The Bertz CT molecular complexity index is 959. The summed E-state index contributed by atoms with van der Waals surface area (Å²) in [5.41, 5.74) is 2.17. The molecule has 0 amide bonds. The summed E-state index contributed by atoms with van der Waals surface area (Å²) in [4.78, 5) is 10.5. The van der Waals surface area contributed by atoms with E-state index in [0.717, 1.165) is 40.4 Å². The molecule has 0 saturated heterocycles. The molecule has 1 N–H and O–H groups in total. The van der Waals surface area contributed by atoms with Gasteiger partial charge in [-0.15, -0.1) is 11.3 Å². The maximum absolute atomic E-state index is 4.75. The minimum Gasteiger partial charge on any atom is -0.369 e. The maximum Gasteiger partial charge on any atom is 0.172 e. The highest BCUT2D eigenvalue weighted by Crippen LogP contribution is 2.27. The van der Waals surface area contributed by atoms with Crippen LogP contribution in [0.15, 0.2) is 54.2 Å². The highest BCUT2D eigenvalue weighted by molar-refractivity contribution is 7.13. The number of hydrogen-bond donors (Lipinski definition) is 1. The van der Waals surface area contributed by atoms with Gasteiger partial charge in [-0.25, -0.2) is 9.97 Å². The molecule has 0 atom stereocenters. The Morgan fingerprint density at radius 3 is 2.83 bits per heavy atom. The average molecular weight is 335 g/mol. The number of rotatable bonds is 5. The Balaban J connectivity index is 1.63. The molecule has 0 bridgehead atoms.